The van der Waals surface area contributed by atoms with Crippen molar-refractivity contribution in [2.45, 2.75) is 32.9 Å². The molecule has 0 heterocycles. The van der Waals surface area contributed by atoms with E-state index in [1.165, 1.54) is 11.9 Å². The Morgan fingerprint density at radius 2 is 2.04 bits per heavy atom. The monoisotopic (exact) mass is 343 g/mol. The minimum absolute atomic E-state index is 0.0965. The molecular weight excluding hydrogens is 318 g/mol. The second-order valence-electron chi connectivity index (χ2n) is 6.71. The van der Waals surface area contributed by atoms with Crippen LogP contribution in [0.5, 0.6) is 0 Å². The topological polar surface area (TPSA) is 73.6 Å². The first-order valence-corrected chi connectivity index (χ1v) is 7.98. The molecule has 0 aliphatic rings. The van der Waals surface area contributed by atoms with Gasteiger partial charge < -0.3 is 14.5 Å². The van der Waals surface area contributed by atoms with Gasteiger partial charge in [0.25, 0.3) is 0 Å². The Hall–Kier alpha value is -2.81. The Balaban J connectivity index is 2.77. The predicted octanol–water partition coefficient (Wildman–Crippen LogP) is 2.94. The minimum Gasteiger partial charge on any atom is -0.444 e. The molecule has 6 nitrogen and oxygen atoms in total. The van der Waals surface area contributed by atoms with Crippen LogP contribution in [0.1, 0.15) is 31.9 Å². The van der Waals surface area contributed by atoms with Crippen LogP contribution in [0.25, 0.3) is 0 Å². The third kappa shape index (κ3) is 7.08. The van der Waals surface area contributed by atoms with Crippen molar-refractivity contribution >= 4 is 12.0 Å². The van der Waals surface area contributed by atoms with E-state index in [-0.39, 0.29) is 12.5 Å². The van der Waals surface area contributed by atoms with Crippen molar-refractivity contribution < 1.29 is 14.3 Å². The van der Waals surface area contributed by atoms with E-state index in [0.717, 1.165) is 5.56 Å². The minimum atomic E-state index is -0.618. The molecule has 0 aromatic heterocycles. The van der Waals surface area contributed by atoms with Crippen LogP contribution in [0, 0.1) is 11.3 Å². The standard InChI is InChI=1S/C19H25N3O3/c1-6-10-22(13-16-9-7-8-15(11-16)12-20)17(23)14-21(5)18(24)25-19(2,3)4/h6-9,11H,1,10,13-14H2,2-5H3. The van der Waals surface area contributed by atoms with E-state index >= 15 is 0 Å². The van der Waals surface area contributed by atoms with Gasteiger partial charge >= 0.3 is 6.09 Å². The normalized spacial score (nSPS) is 10.5. The fourth-order valence-corrected chi connectivity index (χ4v) is 2.08. The number of nitrogens with zero attached hydrogens (tertiary/aromatic N) is 3. The predicted molar refractivity (Wildman–Crippen MR) is 95.6 cm³/mol. The van der Waals surface area contributed by atoms with Gasteiger partial charge in [0.1, 0.15) is 12.1 Å². The zero-order valence-electron chi connectivity index (χ0n) is 15.3. The second kappa shape index (κ2) is 8.88. The molecule has 0 unspecified atom stereocenters. The number of amides is 2. The SMILES string of the molecule is C=CCN(Cc1cccc(C#N)c1)C(=O)CN(C)C(=O)OC(C)(C)C. The first-order chi connectivity index (χ1) is 11.7. The number of hydrogen-bond donors (Lipinski definition) is 0. The van der Waals surface area contributed by atoms with Gasteiger partial charge in [-0.05, 0) is 38.5 Å². The van der Waals surface area contributed by atoms with Gasteiger partial charge in [-0.15, -0.1) is 6.58 Å². The molecule has 1 rings (SSSR count). The molecule has 1 aromatic rings. The summed E-state index contributed by atoms with van der Waals surface area (Å²) in [6.45, 7) is 9.57. The highest BCUT2D eigenvalue weighted by Crippen LogP contribution is 2.11. The summed E-state index contributed by atoms with van der Waals surface area (Å²) in [7, 11) is 1.52. The number of nitriles is 1. The average molecular weight is 343 g/mol. The van der Waals surface area contributed by atoms with Crippen LogP contribution in [0.3, 0.4) is 0 Å². The summed E-state index contributed by atoms with van der Waals surface area (Å²) in [6, 6.07) is 9.15. The Morgan fingerprint density at radius 3 is 2.60 bits per heavy atom. The first kappa shape index (κ1) is 20.2. The number of ether oxygens (including phenoxy) is 1. The number of carbonyl (C=O) groups is 2. The molecule has 0 radical (unpaired) electrons. The van der Waals surface area contributed by atoms with E-state index in [1.54, 1.807) is 49.9 Å². The fourth-order valence-electron chi connectivity index (χ4n) is 2.08. The highest BCUT2D eigenvalue weighted by atomic mass is 16.6. The van der Waals surface area contributed by atoms with Crippen molar-refractivity contribution in [3.63, 3.8) is 0 Å². The van der Waals surface area contributed by atoms with Crippen LogP contribution >= 0.6 is 0 Å². The average Bonchev–Trinajstić information content (AvgIpc) is 2.53. The molecule has 0 atom stereocenters. The fraction of sp³-hybridized carbons (Fsp3) is 0.421. The lowest BCUT2D eigenvalue weighted by molar-refractivity contribution is -0.132. The van der Waals surface area contributed by atoms with Gasteiger partial charge in [0.2, 0.25) is 5.91 Å². The molecule has 1 aromatic carbocycles. The summed E-state index contributed by atoms with van der Waals surface area (Å²) in [5, 5.41) is 8.98. The highest BCUT2D eigenvalue weighted by Gasteiger charge is 2.23. The third-order valence-corrected chi connectivity index (χ3v) is 3.21. The Labute approximate surface area is 149 Å². The van der Waals surface area contributed by atoms with Gasteiger partial charge in [-0.25, -0.2) is 4.79 Å². The van der Waals surface area contributed by atoms with Crippen molar-refractivity contribution in [1.29, 1.82) is 5.26 Å². The summed E-state index contributed by atoms with van der Waals surface area (Å²) in [6.07, 6.45) is 1.07. The van der Waals surface area contributed by atoms with Crippen LogP contribution < -0.4 is 0 Å². The van der Waals surface area contributed by atoms with Gasteiger partial charge in [0, 0.05) is 20.1 Å². The molecule has 0 bridgehead atoms. The molecule has 2 amide bonds. The number of carbonyl (C=O) groups excluding carboxylic acids is 2. The lowest BCUT2D eigenvalue weighted by Gasteiger charge is -2.27. The smallest absolute Gasteiger partial charge is 0.410 e. The van der Waals surface area contributed by atoms with Gasteiger partial charge in [-0.3, -0.25) is 4.79 Å². The molecule has 0 aliphatic heterocycles. The molecular formula is C19H25N3O3. The lowest BCUT2D eigenvalue weighted by atomic mass is 10.1. The van der Waals surface area contributed by atoms with E-state index in [4.69, 9.17) is 10.00 Å². The number of hydrogen-bond acceptors (Lipinski definition) is 4. The molecule has 0 N–H and O–H groups in total. The highest BCUT2D eigenvalue weighted by molar-refractivity contribution is 5.82. The van der Waals surface area contributed by atoms with Crippen molar-refractivity contribution in [2.75, 3.05) is 20.1 Å². The van der Waals surface area contributed by atoms with Crippen LogP contribution in [0.15, 0.2) is 36.9 Å². The van der Waals surface area contributed by atoms with Gasteiger partial charge in [0.05, 0.1) is 11.6 Å². The number of benzene rings is 1. The summed E-state index contributed by atoms with van der Waals surface area (Å²) in [5.74, 6) is -0.226. The Kier molecular flexibility index (Phi) is 7.19. The van der Waals surface area contributed by atoms with Crippen molar-refractivity contribution in [1.82, 2.24) is 9.80 Å². The van der Waals surface area contributed by atoms with E-state index in [2.05, 4.69) is 12.6 Å². The third-order valence-electron chi connectivity index (χ3n) is 3.21. The van der Waals surface area contributed by atoms with Crippen LogP contribution in [0.2, 0.25) is 0 Å². The van der Waals surface area contributed by atoms with Crippen molar-refractivity contribution in [3.8, 4) is 6.07 Å². The van der Waals surface area contributed by atoms with Crippen molar-refractivity contribution in [3.05, 3.63) is 48.0 Å². The molecule has 0 aliphatic carbocycles. The second-order valence-corrected chi connectivity index (χ2v) is 6.71. The van der Waals surface area contributed by atoms with Crippen LogP contribution in [0.4, 0.5) is 4.79 Å². The van der Waals surface area contributed by atoms with E-state index in [0.29, 0.717) is 18.7 Å². The summed E-state index contributed by atoms with van der Waals surface area (Å²) >= 11 is 0. The van der Waals surface area contributed by atoms with Crippen molar-refractivity contribution in [2.24, 2.45) is 0 Å². The largest absolute Gasteiger partial charge is 0.444 e. The van der Waals surface area contributed by atoms with Gasteiger partial charge in [-0.1, -0.05) is 18.2 Å². The van der Waals surface area contributed by atoms with E-state index < -0.39 is 11.7 Å². The van der Waals surface area contributed by atoms with Crippen LogP contribution in [-0.2, 0) is 16.1 Å². The molecule has 0 fully saturated rings. The lowest BCUT2D eigenvalue weighted by Crippen LogP contribution is -2.42. The molecule has 0 saturated carbocycles. The quantitative estimate of drug-likeness (QED) is 0.744. The maximum Gasteiger partial charge on any atom is 0.410 e. The zero-order chi connectivity index (χ0) is 19.0. The summed E-state index contributed by atoms with van der Waals surface area (Å²) in [4.78, 5) is 27.3. The van der Waals surface area contributed by atoms with Crippen LogP contribution in [-0.4, -0.2) is 47.5 Å². The van der Waals surface area contributed by atoms with E-state index in [1.807, 2.05) is 6.07 Å². The first-order valence-electron chi connectivity index (χ1n) is 7.98. The number of rotatable bonds is 6. The molecule has 134 valence electrons. The molecule has 25 heavy (non-hydrogen) atoms. The maximum absolute atomic E-state index is 12.5. The molecule has 0 spiro atoms. The number of likely N-dealkylation sites (N-methyl/N-ethyl adjacent to an activating group) is 1. The summed E-state index contributed by atoms with van der Waals surface area (Å²) < 4.78 is 5.25. The van der Waals surface area contributed by atoms with Gasteiger partial charge in [0.15, 0.2) is 0 Å². The summed E-state index contributed by atoms with van der Waals surface area (Å²) in [5.41, 5.74) is 0.760. The van der Waals surface area contributed by atoms with E-state index in [9.17, 15) is 9.59 Å². The molecule has 6 heteroatoms. The van der Waals surface area contributed by atoms with Gasteiger partial charge in [-0.2, -0.15) is 5.26 Å². The zero-order valence-corrected chi connectivity index (χ0v) is 15.3. The molecule has 0 saturated heterocycles. The Morgan fingerprint density at radius 1 is 1.36 bits per heavy atom. The Bertz CT molecular complexity index is 671. The maximum atomic E-state index is 12.5.